The monoisotopic (exact) mass is 382 g/mol. The number of aliphatic hydroxyl groups is 1. The van der Waals surface area contributed by atoms with Gasteiger partial charge in [-0.15, -0.1) is 0 Å². The van der Waals surface area contributed by atoms with Gasteiger partial charge < -0.3 is 15.4 Å². The quantitative estimate of drug-likeness (QED) is 0.490. The van der Waals surface area contributed by atoms with Crippen LogP contribution in [0.25, 0.3) is 22.3 Å². The summed E-state index contributed by atoms with van der Waals surface area (Å²) in [5.41, 5.74) is 7.98. The number of fused-ring (bicyclic) bond motifs is 2. The molecule has 0 amide bonds. The Morgan fingerprint density at radius 2 is 2.10 bits per heavy atom. The lowest BCUT2D eigenvalue weighted by atomic mass is 10.0. The number of benzene rings is 1. The summed E-state index contributed by atoms with van der Waals surface area (Å²) in [6, 6.07) is 7.61. The second kappa shape index (κ2) is 6.40. The van der Waals surface area contributed by atoms with E-state index in [1.807, 2.05) is 42.0 Å². The number of aromatic nitrogens is 5. The molecule has 1 aliphatic rings. The first-order valence-corrected chi connectivity index (χ1v) is 9.29. The van der Waals surface area contributed by atoms with E-state index in [4.69, 9.17) is 5.73 Å². The van der Waals surface area contributed by atoms with Crippen molar-refractivity contribution < 1.29 is 5.11 Å². The zero-order chi connectivity index (χ0) is 20.0. The summed E-state index contributed by atoms with van der Waals surface area (Å²) in [4.78, 5) is 17.5. The largest absolute Gasteiger partial charge is 0.382 e. The number of hydrogen-bond acceptors (Lipinski definition) is 6. The van der Waals surface area contributed by atoms with Crippen LogP contribution >= 0.6 is 0 Å². The van der Waals surface area contributed by atoms with Crippen molar-refractivity contribution in [3.05, 3.63) is 66.0 Å². The van der Waals surface area contributed by atoms with E-state index in [9.17, 15) is 5.11 Å². The zero-order valence-corrected chi connectivity index (χ0v) is 15.8. The van der Waals surface area contributed by atoms with Crippen molar-refractivity contribution in [3.8, 4) is 23.2 Å². The number of hydrogen-bond donors (Lipinski definition) is 2. The minimum atomic E-state index is -1.23. The molecule has 3 aromatic heterocycles. The molecule has 5 rings (SSSR count). The van der Waals surface area contributed by atoms with Crippen molar-refractivity contribution in [2.75, 3.05) is 5.73 Å². The van der Waals surface area contributed by atoms with E-state index in [-0.39, 0.29) is 0 Å². The van der Waals surface area contributed by atoms with Gasteiger partial charge in [-0.3, -0.25) is 0 Å². The van der Waals surface area contributed by atoms with Gasteiger partial charge >= 0.3 is 0 Å². The van der Waals surface area contributed by atoms with E-state index < -0.39 is 5.60 Å². The van der Waals surface area contributed by atoms with Crippen LogP contribution in [0.1, 0.15) is 23.4 Å². The number of aryl methyl sites for hydroxylation is 2. The van der Waals surface area contributed by atoms with Gasteiger partial charge in [0.15, 0.2) is 17.2 Å². The molecule has 0 fully saturated rings. The molecular weight excluding hydrogens is 364 g/mol. The van der Waals surface area contributed by atoms with Crippen LogP contribution < -0.4 is 5.73 Å². The zero-order valence-electron chi connectivity index (χ0n) is 15.8. The van der Waals surface area contributed by atoms with E-state index in [2.05, 4.69) is 31.8 Å². The van der Waals surface area contributed by atoms with Crippen LogP contribution in [-0.4, -0.2) is 29.6 Å². The van der Waals surface area contributed by atoms with Gasteiger partial charge in [-0.2, -0.15) is 0 Å². The first-order valence-electron chi connectivity index (χ1n) is 9.29. The molecule has 3 N–H and O–H groups in total. The normalized spacial score (nSPS) is 17.7. The standard InChI is InChI=1S/C22H18N6O/c1-14-12-25-19(23)18-17(14)13-26-20(27-18)16-4-2-3-15(11-16)5-6-22(29)7-9-28-10-8-24-21(22)28/h2-4,8,10-13,29H,7,9H2,1H3,(H2,23,25)/t22-/m0/s1. The summed E-state index contributed by atoms with van der Waals surface area (Å²) < 4.78 is 1.93. The van der Waals surface area contributed by atoms with Crippen LogP contribution in [0.3, 0.4) is 0 Å². The lowest BCUT2D eigenvalue weighted by Crippen LogP contribution is -2.20. The van der Waals surface area contributed by atoms with Crippen LogP contribution in [0.15, 0.2) is 49.1 Å². The Morgan fingerprint density at radius 3 is 3.00 bits per heavy atom. The predicted molar refractivity (Wildman–Crippen MR) is 110 cm³/mol. The molecule has 29 heavy (non-hydrogen) atoms. The summed E-state index contributed by atoms with van der Waals surface area (Å²) >= 11 is 0. The summed E-state index contributed by atoms with van der Waals surface area (Å²) in [6.07, 6.45) is 7.55. The number of rotatable bonds is 1. The first kappa shape index (κ1) is 17.3. The predicted octanol–water partition coefficient (Wildman–Crippen LogP) is 2.42. The average molecular weight is 382 g/mol. The Labute approximate surface area is 167 Å². The fourth-order valence-electron chi connectivity index (χ4n) is 3.58. The van der Waals surface area contributed by atoms with E-state index in [1.165, 1.54) is 0 Å². The van der Waals surface area contributed by atoms with Crippen LogP contribution in [0.4, 0.5) is 5.82 Å². The molecule has 7 heteroatoms. The van der Waals surface area contributed by atoms with Crippen molar-refractivity contribution in [3.63, 3.8) is 0 Å². The molecule has 0 spiro atoms. The SMILES string of the molecule is Cc1cnc(N)c2nc(-c3cccc(C#C[C@]4(O)CCn5ccnc54)c3)ncc12. The van der Waals surface area contributed by atoms with Gasteiger partial charge in [0.25, 0.3) is 0 Å². The lowest BCUT2D eigenvalue weighted by Gasteiger charge is -2.12. The van der Waals surface area contributed by atoms with E-state index in [0.29, 0.717) is 35.9 Å². The van der Waals surface area contributed by atoms with Crippen molar-refractivity contribution >= 4 is 16.7 Å². The smallest absolute Gasteiger partial charge is 0.185 e. The van der Waals surface area contributed by atoms with Crippen molar-refractivity contribution in [1.29, 1.82) is 0 Å². The molecular formula is C22H18N6O. The first-order chi connectivity index (χ1) is 14.0. The van der Waals surface area contributed by atoms with Gasteiger partial charge in [-0.25, -0.2) is 19.9 Å². The molecule has 4 heterocycles. The Kier molecular flexibility index (Phi) is 3.83. The minimum absolute atomic E-state index is 0.379. The van der Waals surface area contributed by atoms with E-state index in [1.54, 1.807) is 18.6 Å². The van der Waals surface area contributed by atoms with E-state index in [0.717, 1.165) is 22.1 Å². The maximum absolute atomic E-state index is 10.9. The van der Waals surface area contributed by atoms with Crippen molar-refractivity contribution in [2.24, 2.45) is 0 Å². The number of nitrogens with zero attached hydrogens (tertiary/aromatic N) is 5. The van der Waals surface area contributed by atoms with E-state index >= 15 is 0 Å². The molecule has 142 valence electrons. The van der Waals surface area contributed by atoms with Crippen molar-refractivity contribution in [1.82, 2.24) is 24.5 Å². The van der Waals surface area contributed by atoms with Crippen LogP contribution in [0.2, 0.25) is 0 Å². The third-order valence-corrected chi connectivity index (χ3v) is 5.19. The van der Waals surface area contributed by atoms with Gasteiger partial charge in [-0.05, 0) is 24.6 Å². The molecule has 1 aromatic carbocycles. The third-order valence-electron chi connectivity index (χ3n) is 5.19. The number of anilines is 1. The molecule has 0 radical (unpaired) electrons. The number of imidazole rings is 1. The number of nitrogens with two attached hydrogens (primary N) is 1. The maximum atomic E-state index is 10.9. The van der Waals surface area contributed by atoms with Gasteiger partial charge in [0.05, 0.1) is 0 Å². The highest BCUT2D eigenvalue weighted by atomic mass is 16.3. The van der Waals surface area contributed by atoms with Crippen molar-refractivity contribution in [2.45, 2.75) is 25.5 Å². The van der Waals surface area contributed by atoms with Crippen LogP contribution in [-0.2, 0) is 12.1 Å². The Hall–Kier alpha value is -3.76. The van der Waals surface area contributed by atoms with Gasteiger partial charge in [0.2, 0.25) is 0 Å². The Morgan fingerprint density at radius 1 is 1.21 bits per heavy atom. The van der Waals surface area contributed by atoms with Crippen LogP contribution in [0, 0.1) is 18.8 Å². The highest BCUT2D eigenvalue weighted by molar-refractivity contribution is 5.90. The Balaban J connectivity index is 1.52. The molecule has 1 aliphatic heterocycles. The van der Waals surface area contributed by atoms with Crippen LogP contribution in [0.5, 0.6) is 0 Å². The average Bonchev–Trinajstić information content (AvgIpc) is 3.34. The molecule has 0 saturated carbocycles. The molecule has 1 atom stereocenters. The minimum Gasteiger partial charge on any atom is -0.382 e. The second-order valence-electron chi connectivity index (χ2n) is 7.17. The topological polar surface area (TPSA) is 103 Å². The molecule has 4 aromatic rings. The summed E-state index contributed by atoms with van der Waals surface area (Å²) in [7, 11) is 0. The number of nitrogen functional groups attached to an aromatic ring is 1. The summed E-state index contributed by atoms with van der Waals surface area (Å²) in [5, 5.41) is 11.7. The Bertz CT molecular complexity index is 1320. The highest BCUT2D eigenvalue weighted by Crippen LogP contribution is 2.30. The molecule has 0 saturated heterocycles. The van der Waals surface area contributed by atoms with Gasteiger partial charge in [0, 0.05) is 54.3 Å². The fourth-order valence-corrected chi connectivity index (χ4v) is 3.58. The van der Waals surface area contributed by atoms with Gasteiger partial charge in [0.1, 0.15) is 11.3 Å². The summed E-state index contributed by atoms with van der Waals surface area (Å²) in [5.74, 6) is 7.60. The van der Waals surface area contributed by atoms with Gasteiger partial charge in [-0.1, -0.05) is 24.0 Å². The second-order valence-corrected chi connectivity index (χ2v) is 7.17. The third kappa shape index (κ3) is 2.91. The molecule has 0 aliphatic carbocycles. The summed E-state index contributed by atoms with van der Waals surface area (Å²) in [6.45, 7) is 2.66. The molecule has 0 bridgehead atoms. The lowest BCUT2D eigenvalue weighted by molar-refractivity contribution is 0.0980. The molecule has 0 unspecified atom stereocenters. The maximum Gasteiger partial charge on any atom is 0.185 e. The molecule has 7 nitrogen and oxygen atoms in total. The number of pyridine rings is 1. The fraction of sp³-hybridized carbons (Fsp3) is 0.182. The highest BCUT2D eigenvalue weighted by Gasteiger charge is 2.36.